The SMILES string of the molecule is CC(C)OC(=O)c1c(-c2ccc(Br)cc2)csc1NC(=O)COc1ccccc1Cl. The van der Waals surface area contributed by atoms with Crippen LogP contribution in [0.15, 0.2) is 58.4 Å². The van der Waals surface area contributed by atoms with Crippen molar-refractivity contribution in [2.45, 2.75) is 20.0 Å². The van der Waals surface area contributed by atoms with Crippen molar-refractivity contribution in [2.24, 2.45) is 0 Å². The second kappa shape index (κ2) is 10.1. The predicted octanol–water partition coefficient (Wildman–Crippen LogP) is 6.41. The molecule has 0 aliphatic rings. The van der Waals surface area contributed by atoms with Gasteiger partial charge in [0.25, 0.3) is 5.91 Å². The number of nitrogens with one attached hydrogen (secondary N) is 1. The van der Waals surface area contributed by atoms with E-state index in [0.717, 1.165) is 10.0 Å². The van der Waals surface area contributed by atoms with Crippen LogP contribution < -0.4 is 10.1 Å². The number of ether oxygens (including phenoxy) is 2. The highest BCUT2D eigenvalue weighted by Crippen LogP contribution is 2.37. The van der Waals surface area contributed by atoms with Crippen LogP contribution in [0.25, 0.3) is 11.1 Å². The molecular formula is C22H19BrClNO4S. The molecule has 2 aromatic carbocycles. The van der Waals surface area contributed by atoms with Gasteiger partial charge in [0.15, 0.2) is 6.61 Å². The average molecular weight is 509 g/mol. The molecule has 8 heteroatoms. The number of anilines is 1. The van der Waals surface area contributed by atoms with Gasteiger partial charge in [0.05, 0.1) is 11.1 Å². The van der Waals surface area contributed by atoms with Crippen molar-refractivity contribution in [3.05, 3.63) is 69.0 Å². The Morgan fingerprint density at radius 2 is 1.83 bits per heavy atom. The lowest BCUT2D eigenvalue weighted by atomic mass is 10.0. The van der Waals surface area contributed by atoms with Gasteiger partial charge in [0.2, 0.25) is 0 Å². The first-order valence-corrected chi connectivity index (χ1v) is 11.2. The Labute approximate surface area is 192 Å². The summed E-state index contributed by atoms with van der Waals surface area (Å²) in [6.45, 7) is 3.31. The van der Waals surface area contributed by atoms with Crippen LogP contribution in [0, 0.1) is 0 Å². The highest BCUT2D eigenvalue weighted by atomic mass is 79.9. The van der Waals surface area contributed by atoms with Gasteiger partial charge in [-0.3, -0.25) is 4.79 Å². The van der Waals surface area contributed by atoms with Crippen LogP contribution in [0.3, 0.4) is 0 Å². The second-order valence-corrected chi connectivity index (χ2v) is 8.78. The number of halogens is 2. The minimum Gasteiger partial charge on any atom is -0.482 e. The van der Waals surface area contributed by atoms with Gasteiger partial charge in [-0.05, 0) is 43.7 Å². The largest absolute Gasteiger partial charge is 0.482 e. The van der Waals surface area contributed by atoms with Crippen molar-refractivity contribution in [2.75, 3.05) is 11.9 Å². The maximum absolute atomic E-state index is 12.8. The number of amides is 1. The number of carbonyl (C=O) groups excluding carboxylic acids is 2. The third-order valence-corrected chi connectivity index (χ3v) is 5.68. The van der Waals surface area contributed by atoms with E-state index in [0.29, 0.717) is 26.9 Å². The molecule has 0 bridgehead atoms. The first kappa shape index (κ1) is 22.3. The summed E-state index contributed by atoms with van der Waals surface area (Å²) in [5, 5.41) is 5.41. The van der Waals surface area contributed by atoms with E-state index < -0.39 is 11.9 Å². The topological polar surface area (TPSA) is 64.6 Å². The molecule has 0 aliphatic heterocycles. The maximum atomic E-state index is 12.8. The Hall–Kier alpha value is -2.35. The molecule has 3 aromatic rings. The Morgan fingerprint density at radius 3 is 2.50 bits per heavy atom. The molecule has 5 nitrogen and oxygen atoms in total. The zero-order valence-electron chi connectivity index (χ0n) is 16.3. The quantitative estimate of drug-likeness (QED) is 0.374. The Morgan fingerprint density at radius 1 is 1.13 bits per heavy atom. The van der Waals surface area contributed by atoms with Crippen LogP contribution in [0.1, 0.15) is 24.2 Å². The van der Waals surface area contributed by atoms with E-state index in [1.54, 1.807) is 38.1 Å². The molecule has 0 atom stereocenters. The van der Waals surface area contributed by atoms with E-state index in [-0.39, 0.29) is 12.7 Å². The summed E-state index contributed by atoms with van der Waals surface area (Å²) < 4.78 is 11.8. The van der Waals surface area contributed by atoms with Gasteiger partial charge < -0.3 is 14.8 Å². The predicted molar refractivity (Wildman–Crippen MR) is 124 cm³/mol. The van der Waals surface area contributed by atoms with Crippen molar-refractivity contribution in [3.63, 3.8) is 0 Å². The average Bonchev–Trinajstić information content (AvgIpc) is 3.11. The molecule has 0 radical (unpaired) electrons. The molecule has 3 rings (SSSR count). The van der Waals surface area contributed by atoms with Crippen LogP contribution >= 0.6 is 38.9 Å². The van der Waals surface area contributed by atoms with E-state index in [1.807, 2.05) is 29.6 Å². The molecule has 0 aliphatic carbocycles. The van der Waals surface area contributed by atoms with Crippen molar-refractivity contribution in [3.8, 4) is 16.9 Å². The summed E-state index contributed by atoms with van der Waals surface area (Å²) in [5.74, 6) is -0.486. The summed E-state index contributed by atoms with van der Waals surface area (Å²) in [6, 6.07) is 14.5. The van der Waals surface area contributed by atoms with Gasteiger partial charge >= 0.3 is 5.97 Å². The standard InChI is InChI=1S/C22H19BrClNO4S/c1-13(2)29-22(27)20-16(14-7-9-15(23)10-8-14)12-30-21(20)25-19(26)11-28-18-6-4-3-5-17(18)24/h3-10,12-13H,11H2,1-2H3,(H,25,26). The highest BCUT2D eigenvalue weighted by molar-refractivity contribution is 9.10. The van der Waals surface area contributed by atoms with Gasteiger partial charge in [-0.2, -0.15) is 0 Å². The summed E-state index contributed by atoms with van der Waals surface area (Å²) in [6.07, 6.45) is -0.290. The number of rotatable bonds is 7. The zero-order valence-corrected chi connectivity index (χ0v) is 19.4. The number of carbonyl (C=O) groups is 2. The van der Waals surface area contributed by atoms with E-state index in [4.69, 9.17) is 21.1 Å². The van der Waals surface area contributed by atoms with E-state index in [2.05, 4.69) is 21.2 Å². The second-order valence-electron chi connectivity index (χ2n) is 6.58. The van der Waals surface area contributed by atoms with E-state index in [9.17, 15) is 9.59 Å². The molecule has 0 spiro atoms. The van der Waals surface area contributed by atoms with Gasteiger partial charge in [0.1, 0.15) is 16.3 Å². The van der Waals surface area contributed by atoms with Gasteiger partial charge in [-0.1, -0.05) is 51.8 Å². The lowest BCUT2D eigenvalue weighted by Crippen LogP contribution is -2.21. The minimum atomic E-state index is -0.494. The first-order chi connectivity index (χ1) is 14.3. The van der Waals surface area contributed by atoms with Crippen molar-refractivity contribution in [1.82, 2.24) is 0 Å². The van der Waals surface area contributed by atoms with Crippen LogP contribution in [-0.4, -0.2) is 24.6 Å². The number of thiophene rings is 1. The minimum absolute atomic E-state index is 0.242. The summed E-state index contributed by atoms with van der Waals surface area (Å²) in [7, 11) is 0. The molecule has 156 valence electrons. The molecule has 0 fully saturated rings. The van der Waals surface area contributed by atoms with Crippen LogP contribution in [0.2, 0.25) is 5.02 Å². The Bertz CT molecular complexity index is 1050. The van der Waals surface area contributed by atoms with Crippen molar-refractivity contribution < 1.29 is 19.1 Å². The first-order valence-electron chi connectivity index (χ1n) is 9.10. The molecule has 0 unspecified atom stereocenters. The number of hydrogen-bond acceptors (Lipinski definition) is 5. The fourth-order valence-electron chi connectivity index (χ4n) is 2.64. The van der Waals surface area contributed by atoms with Gasteiger partial charge in [-0.25, -0.2) is 4.79 Å². The number of benzene rings is 2. The number of hydrogen-bond donors (Lipinski definition) is 1. The highest BCUT2D eigenvalue weighted by Gasteiger charge is 2.24. The van der Waals surface area contributed by atoms with E-state index in [1.165, 1.54) is 11.3 Å². The third kappa shape index (κ3) is 5.62. The summed E-state index contributed by atoms with van der Waals surface area (Å²) >= 11 is 10.7. The number of esters is 1. The molecule has 0 saturated heterocycles. The van der Waals surface area contributed by atoms with Crippen LogP contribution in [0.4, 0.5) is 5.00 Å². The molecule has 1 amide bonds. The maximum Gasteiger partial charge on any atom is 0.342 e. The number of para-hydroxylation sites is 1. The van der Waals surface area contributed by atoms with E-state index >= 15 is 0 Å². The van der Waals surface area contributed by atoms with Gasteiger partial charge in [0, 0.05) is 15.4 Å². The fourth-order valence-corrected chi connectivity index (χ4v) is 4.06. The van der Waals surface area contributed by atoms with Crippen LogP contribution in [-0.2, 0) is 9.53 Å². The normalized spacial score (nSPS) is 10.7. The summed E-state index contributed by atoms with van der Waals surface area (Å²) in [4.78, 5) is 25.2. The Kier molecular flexibility index (Phi) is 7.53. The molecule has 30 heavy (non-hydrogen) atoms. The molecule has 1 heterocycles. The smallest absolute Gasteiger partial charge is 0.342 e. The lowest BCUT2D eigenvalue weighted by Gasteiger charge is -2.12. The summed E-state index contributed by atoms with van der Waals surface area (Å²) in [5.41, 5.74) is 1.86. The molecule has 0 saturated carbocycles. The zero-order chi connectivity index (χ0) is 21.7. The van der Waals surface area contributed by atoms with Crippen molar-refractivity contribution >= 4 is 55.7 Å². The van der Waals surface area contributed by atoms with Crippen molar-refractivity contribution in [1.29, 1.82) is 0 Å². The van der Waals surface area contributed by atoms with Gasteiger partial charge in [-0.15, -0.1) is 11.3 Å². The molecule has 1 aromatic heterocycles. The fraction of sp³-hybridized carbons (Fsp3) is 0.182. The molecule has 1 N–H and O–H groups in total. The Balaban J connectivity index is 1.82. The van der Waals surface area contributed by atoms with Crippen LogP contribution in [0.5, 0.6) is 5.75 Å². The lowest BCUT2D eigenvalue weighted by molar-refractivity contribution is -0.118. The third-order valence-electron chi connectivity index (χ3n) is 3.94. The monoisotopic (exact) mass is 507 g/mol. The molecular weight excluding hydrogens is 490 g/mol.